The van der Waals surface area contributed by atoms with Crippen LogP contribution in [0.3, 0.4) is 0 Å². The molecular weight excluding hydrogens is 328 g/mol. The molecule has 0 heterocycles. The average molecular weight is 371 g/mol. The monoisotopic (exact) mass is 370 g/mol. The van der Waals surface area contributed by atoms with Gasteiger partial charge in [-0.3, -0.25) is 4.79 Å². The largest absolute Gasteiger partial charge is 0.299 e. The van der Waals surface area contributed by atoms with Gasteiger partial charge in [-0.05, 0) is 80.0 Å². The lowest BCUT2D eigenvalue weighted by Gasteiger charge is -2.41. The van der Waals surface area contributed by atoms with E-state index >= 15 is 0 Å². The van der Waals surface area contributed by atoms with Crippen LogP contribution < -0.4 is 0 Å². The van der Waals surface area contributed by atoms with E-state index in [-0.39, 0.29) is 5.41 Å². The summed E-state index contributed by atoms with van der Waals surface area (Å²) in [6, 6.07) is 0. The number of ketones is 1. The van der Waals surface area contributed by atoms with E-state index in [2.05, 4.69) is 46.4 Å². The van der Waals surface area contributed by atoms with E-state index in [0.717, 1.165) is 19.3 Å². The van der Waals surface area contributed by atoms with Gasteiger partial charge in [-0.1, -0.05) is 64.8 Å². The Kier molecular flexibility index (Phi) is 6.38. The fourth-order valence-corrected chi connectivity index (χ4v) is 6.60. The lowest BCUT2D eigenvalue weighted by molar-refractivity contribution is -0.129. The van der Waals surface area contributed by atoms with E-state index in [1.54, 1.807) is 0 Å². The minimum atomic E-state index is 0.253. The molecule has 0 aromatic carbocycles. The molecule has 3 aliphatic carbocycles. The second-order valence-corrected chi connectivity index (χ2v) is 10.3. The summed E-state index contributed by atoms with van der Waals surface area (Å²) < 4.78 is 0. The molecule has 0 amide bonds. The van der Waals surface area contributed by atoms with Gasteiger partial charge in [0.15, 0.2) is 0 Å². The number of rotatable bonds is 9. The van der Waals surface area contributed by atoms with E-state index in [1.807, 2.05) is 0 Å². The van der Waals surface area contributed by atoms with Gasteiger partial charge in [0.2, 0.25) is 0 Å². The molecule has 0 aliphatic heterocycles. The number of hydrogen-bond donors (Lipinski definition) is 0. The Morgan fingerprint density at radius 3 is 2.59 bits per heavy atom. The van der Waals surface area contributed by atoms with Crippen LogP contribution in [0.2, 0.25) is 0 Å². The van der Waals surface area contributed by atoms with Crippen molar-refractivity contribution in [2.24, 2.45) is 34.5 Å². The molecule has 5 atom stereocenters. The predicted octanol–water partition coefficient (Wildman–Crippen LogP) is 7.52. The standard InChI is InChI=1S/C26H42O/c1-6-7-8-10-20(3)26(17-18-26)21(4)13-12-19(2)22-14-15-23-24(27)11-9-16-25(22,23)5/h12-13,19,21-23H,3,6-11,14-18H2,1-2,4-5H3. The van der Waals surface area contributed by atoms with Crippen LogP contribution in [-0.2, 0) is 4.79 Å². The molecule has 0 radical (unpaired) electrons. The summed E-state index contributed by atoms with van der Waals surface area (Å²) in [5.41, 5.74) is 2.16. The van der Waals surface area contributed by atoms with Crippen molar-refractivity contribution >= 4 is 5.78 Å². The Balaban J connectivity index is 1.60. The fourth-order valence-electron chi connectivity index (χ4n) is 6.60. The summed E-state index contributed by atoms with van der Waals surface area (Å²) in [7, 11) is 0. The Hall–Kier alpha value is -0.850. The van der Waals surface area contributed by atoms with Crippen molar-refractivity contribution < 1.29 is 4.79 Å². The first-order chi connectivity index (χ1) is 12.8. The zero-order valence-corrected chi connectivity index (χ0v) is 18.4. The van der Waals surface area contributed by atoms with Gasteiger partial charge in [-0.2, -0.15) is 0 Å². The number of Topliss-reactive ketones (excluding diaryl/α,β-unsaturated/α-hetero) is 1. The summed E-state index contributed by atoms with van der Waals surface area (Å²) in [6.07, 6.45) is 18.4. The minimum Gasteiger partial charge on any atom is -0.299 e. The lowest BCUT2D eigenvalue weighted by atomic mass is 9.62. The number of hydrogen-bond acceptors (Lipinski definition) is 1. The molecular formula is C26H42O. The quantitative estimate of drug-likeness (QED) is 0.303. The molecule has 0 saturated heterocycles. The number of carbonyl (C=O) groups excluding carboxylic acids is 1. The maximum atomic E-state index is 12.4. The van der Waals surface area contributed by atoms with Gasteiger partial charge >= 0.3 is 0 Å². The Bertz CT molecular complexity index is 581. The zero-order valence-electron chi connectivity index (χ0n) is 18.4. The van der Waals surface area contributed by atoms with Crippen LogP contribution in [0, 0.1) is 34.5 Å². The summed E-state index contributed by atoms with van der Waals surface area (Å²) in [4.78, 5) is 12.4. The van der Waals surface area contributed by atoms with Gasteiger partial charge in [0.25, 0.3) is 0 Å². The summed E-state index contributed by atoms with van der Waals surface area (Å²) >= 11 is 0. The van der Waals surface area contributed by atoms with Crippen LogP contribution in [-0.4, -0.2) is 5.78 Å². The molecule has 152 valence electrons. The number of carbonyl (C=O) groups is 1. The average Bonchev–Trinajstić information content (AvgIpc) is 3.37. The molecule has 1 heteroatoms. The molecule has 3 saturated carbocycles. The smallest absolute Gasteiger partial charge is 0.136 e. The summed E-state index contributed by atoms with van der Waals surface area (Å²) in [5, 5.41) is 0. The summed E-state index contributed by atoms with van der Waals surface area (Å²) in [6.45, 7) is 14.0. The van der Waals surface area contributed by atoms with E-state index in [4.69, 9.17) is 0 Å². The second-order valence-electron chi connectivity index (χ2n) is 10.3. The third-order valence-corrected chi connectivity index (χ3v) is 8.72. The first kappa shape index (κ1) is 20.9. The lowest BCUT2D eigenvalue weighted by Crippen LogP contribution is -2.39. The highest BCUT2D eigenvalue weighted by Crippen LogP contribution is 2.59. The minimum absolute atomic E-state index is 0.253. The fraction of sp³-hybridized carbons (Fsp3) is 0.808. The first-order valence-electron chi connectivity index (χ1n) is 11.7. The van der Waals surface area contributed by atoms with Crippen molar-refractivity contribution in [3.05, 3.63) is 24.3 Å². The Labute approximate surface area is 168 Å². The van der Waals surface area contributed by atoms with Crippen molar-refractivity contribution in [3.63, 3.8) is 0 Å². The zero-order chi connectivity index (χ0) is 19.7. The van der Waals surface area contributed by atoms with Gasteiger partial charge in [0.05, 0.1) is 0 Å². The van der Waals surface area contributed by atoms with Gasteiger partial charge in [0.1, 0.15) is 5.78 Å². The highest BCUT2D eigenvalue weighted by Gasteiger charge is 2.52. The van der Waals surface area contributed by atoms with Crippen LogP contribution >= 0.6 is 0 Å². The Morgan fingerprint density at radius 2 is 1.93 bits per heavy atom. The topological polar surface area (TPSA) is 17.1 Å². The van der Waals surface area contributed by atoms with Crippen molar-refractivity contribution in [1.82, 2.24) is 0 Å². The van der Waals surface area contributed by atoms with E-state index in [0.29, 0.717) is 34.9 Å². The van der Waals surface area contributed by atoms with Gasteiger partial charge < -0.3 is 0 Å². The molecule has 5 unspecified atom stereocenters. The second kappa shape index (κ2) is 8.26. The maximum absolute atomic E-state index is 12.4. The molecule has 1 nitrogen and oxygen atoms in total. The molecule has 0 aromatic heterocycles. The van der Waals surface area contributed by atoms with Crippen molar-refractivity contribution in [2.75, 3.05) is 0 Å². The van der Waals surface area contributed by atoms with E-state index in [9.17, 15) is 4.79 Å². The normalized spacial score (nSPS) is 34.4. The molecule has 3 fully saturated rings. The third kappa shape index (κ3) is 3.99. The summed E-state index contributed by atoms with van der Waals surface area (Å²) in [5.74, 6) is 2.76. The van der Waals surface area contributed by atoms with Crippen LogP contribution in [0.5, 0.6) is 0 Å². The molecule has 3 aliphatic rings. The number of allylic oxidation sites excluding steroid dienone is 3. The predicted molar refractivity (Wildman–Crippen MR) is 116 cm³/mol. The molecule has 27 heavy (non-hydrogen) atoms. The Morgan fingerprint density at radius 1 is 1.19 bits per heavy atom. The highest BCUT2D eigenvalue weighted by atomic mass is 16.1. The molecule has 0 aromatic rings. The number of fused-ring (bicyclic) bond motifs is 1. The van der Waals surface area contributed by atoms with Crippen LogP contribution in [0.15, 0.2) is 24.3 Å². The van der Waals surface area contributed by atoms with Crippen molar-refractivity contribution in [1.29, 1.82) is 0 Å². The van der Waals surface area contributed by atoms with Crippen LogP contribution in [0.4, 0.5) is 0 Å². The van der Waals surface area contributed by atoms with Crippen LogP contribution in [0.25, 0.3) is 0 Å². The molecule has 0 N–H and O–H groups in total. The third-order valence-electron chi connectivity index (χ3n) is 8.72. The molecule has 3 rings (SSSR count). The van der Waals surface area contributed by atoms with Gasteiger partial charge in [-0.15, -0.1) is 0 Å². The van der Waals surface area contributed by atoms with Crippen molar-refractivity contribution in [2.45, 2.75) is 98.3 Å². The first-order valence-corrected chi connectivity index (χ1v) is 11.7. The SMILES string of the molecule is C=C(CCCCC)C1(C(C)C=CC(C)C2CCC3C(=O)CCCC32C)CC1. The van der Waals surface area contributed by atoms with E-state index in [1.165, 1.54) is 56.9 Å². The van der Waals surface area contributed by atoms with Gasteiger partial charge in [-0.25, -0.2) is 0 Å². The molecule has 0 spiro atoms. The molecule has 0 bridgehead atoms. The number of unbranched alkanes of at least 4 members (excludes halogenated alkanes) is 2. The van der Waals surface area contributed by atoms with Crippen LogP contribution in [0.1, 0.15) is 98.3 Å². The van der Waals surface area contributed by atoms with Gasteiger partial charge in [0, 0.05) is 12.3 Å². The van der Waals surface area contributed by atoms with E-state index < -0.39 is 0 Å². The maximum Gasteiger partial charge on any atom is 0.136 e. The highest BCUT2D eigenvalue weighted by molar-refractivity contribution is 5.83. The van der Waals surface area contributed by atoms with Crippen molar-refractivity contribution in [3.8, 4) is 0 Å².